The number of ether oxygens (including phenoxy) is 1. The molecule has 0 spiro atoms. The third kappa shape index (κ3) is 5.34. The molecule has 0 unspecified atom stereocenters. The first-order valence-electron chi connectivity index (χ1n) is 10.4. The largest absolute Gasteiger partial charge is 0.492 e. The molecule has 0 bridgehead atoms. The van der Waals surface area contributed by atoms with E-state index in [1.165, 1.54) is 0 Å². The van der Waals surface area contributed by atoms with Gasteiger partial charge in [0.1, 0.15) is 11.6 Å². The second-order valence-corrected chi connectivity index (χ2v) is 9.13. The molecule has 0 aliphatic rings. The summed E-state index contributed by atoms with van der Waals surface area (Å²) in [4.78, 5) is 18.0. The van der Waals surface area contributed by atoms with E-state index in [1.807, 2.05) is 60.7 Å². The Kier molecular flexibility index (Phi) is 7.51. The summed E-state index contributed by atoms with van der Waals surface area (Å²) < 4.78 is 8.44. The molecule has 4 rings (SSSR count). The Morgan fingerprint density at radius 3 is 2.44 bits per heavy atom. The van der Waals surface area contributed by atoms with Crippen LogP contribution in [-0.4, -0.2) is 16.2 Å². The molecule has 1 heterocycles. The van der Waals surface area contributed by atoms with Gasteiger partial charge in [-0.05, 0) is 89.8 Å². The molecule has 0 aliphatic heterocycles. The maximum absolute atomic E-state index is 13.2. The fourth-order valence-electron chi connectivity index (χ4n) is 3.52. The topological polar surface area (TPSA) is 44.1 Å². The molecule has 0 aliphatic carbocycles. The van der Waals surface area contributed by atoms with E-state index >= 15 is 0 Å². The fraction of sp³-hybridized carbons (Fsp3) is 0.200. The number of rotatable bonds is 8. The Morgan fingerprint density at radius 2 is 1.66 bits per heavy atom. The molecule has 0 fully saturated rings. The molecular formula is C25H21BrCl2N2O2. The lowest BCUT2D eigenvalue weighted by Crippen LogP contribution is -2.23. The van der Waals surface area contributed by atoms with Crippen LogP contribution in [0.2, 0.25) is 10.0 Å². The van der Waals surface area contributed by atoms with Crippen LogP contribution >= 0.6 is 39.1 Å². The Bertz CT molecular complexity index is 1290. The molecule has 164 valence electrons. The van der Waals surface area contributed by atoms with Crippen LogP contribution in [0.3, 0.4) is 0 Å². The smallest absolute Gasteiger partial charge is 0.261 e. The third-order valence-electron chi connectivity index (χ3n) is 5.14. The van der Waals surface area contributed by atoms with E-state index < -0.39 is 0 Å². The molecule has 0 atom stereocenters. The van der Waals surface area contributed by atoms with Crippen LogP contribution in [0.4, 0.5) is 0 Å². The van der Waals surface area contributed by atoms with E-state index in [-0.39, 0.29) is 5.56 Å². The summed E-state index contributed by atoms with van der Waals surface area (Å²) in [6.07, 6.45) is 2.64. The number of hydrogen-bond donors (Lipinski definition) is 0. The summed E-state index contributed by atoms with van der Waals surface area (Å²) in [7, 11) is 0. The van der Waals surface area contributed by atoms with E-state index in [9.17, 15) is 4.79 Å². The van der Waals surface area contributed by atoms with Gasteiger partial charge in [-0.25, -0.2) is 4.98 Å². The maximum atomic E-state index is 13.2. The van der Waals surface area contributed by atoms with Gasteiger partial charge in [0, 0.05) is 22.2 Å². The molecule has 0 saturated heterocycles. The van der Waals surface area contributed by atoms with Crippen LogP contribution < -0.4 is 10.3 Å². The number of para-hydroxylation sites is 1. The third-order valence-corrected chi connectivity index (χ3v) is 6.25. The minimum atomic E-state index is -0.0260. The van der Waals surface area contributed by atoms with E-state index in [1.54, 1.807) is 10.6 Å². The van der Waals surface area contributed by atoms with Crippen LogP contribution in [0.5, 0.6) is 5.75 Å². The van der Waals surface area contributed by atoms with Gasteiger partial charge in [0.15, 0.2) is 0 Å². The lowest BCUT2D eigenvalue weighted by atomic mass is 10.1. The van der Waals surface area contributed by atoms with E-state index in [4.69, 9.17) is 32.9 Å². The molecule has 0 amide bonds. The highest BCUT2D eigenvalue weighted by atomic mass is 79.9. The van der Waals surface area contributed by atoms with Crippen LogP contribution in [0.25, 0.3) is 22.3 Å². The molecule has 7 heteroatoms. The van der Waals surface area contributed by atoms with Crippen molar-refractivity contribution in [3.05, 3.63) is 91.6 Å². The normalized spacial score (nSPS) is 11.1. The second-order valence-electron chi connectivity index (χ2n) is 7.40. The number of fused-ring (bicyclic) bond motifs is 1. The number of aromatic nitrogens is 2. The summed E-state index contributed by atoms with van der Waals surface area (Å²) in [5.74, 6) is 1.43. The Balaban J connectivity index is 1.46. The highest BCUT2D eigenvalue weighted by Crippen LogP contribution is 2.28. The Hall–Kier alpha value is -2.34. The Morgan fingerprint density at radius 1 is 0.906 bits per heavy atom. The standard InChI is InChI=1S/C25H21BrCl2N2O2/c26-21-16-19(28)12-13-23(21)32-15-5-1-4-14-30-24(17-8-10-18(27)11-9-17)29-22-7-3-2-6-20(22)25(30)31/h2-3,6-13,16H,1,4-5,14-15H2. The summed E-state index contributed by atoms with van der Waals surface area (Å²) in [5, 5.41) is 1.94. The van der Waals surface area contributed by atoms with E-state index in [2.05, 4.69) is 15.9 Å². The van der Waals surface area contributed by atoms with Crippen molar-refractivity contribution in [1.82, 2.24) is 9.55 Å². The van der Waals surface area contributed by atoms with Crippen LogP contribution in [-0.2, 0) is 6.54 Å². The van der Waals surface area contributed by atoms with Crippen molar-refractivity contribution in [3.63, 3.8) is 0 Å². The number of hydrogen-bond acceptors (Lipinski definition) is 3. The number of halogens is 3. The van der Waals surface area contributed by atoms with Gasteiger partial charge in [-0.3, -0.25) is 9.36 Å². The van der Waals surface area contributed by atoms with Gasteiger partial charge in [0.05, 0.1) is 22.0 Å². The van der Waals surface area contributed by atoms with Crippen molar-refractivity contribution in [2.45, 2.75) is 25.8 Å². The first-order valence-corrected chi connectivity index (χ1v) is 11.9. The highest BCUT2D eigenvalue weighted by molar-refractivity contribution is 9.10. The highest BCUT2D eigenvalue weighted by Gasteiger charge is 2.12. The number of benzene rings is 3. The van der Waals surface area contributed by atoms with Crippen molar-refractivity contribution in [2.24, 2.45) is 0 Å². The first-order chi connectivity index (χ1) is 15.5. The van der Waals surface area contributed by atoms with Gasteiger partial charge in [0.2, 0.25) is 0 Å². The molecule has 4 aromatic rings. The monoisotopic (exact) mass is 530 g/mol. The minimum absolute atomic E-state index is 0.0260. The molecule has 1 aromatic heterocycles. The predicted molar refractivity (Wildman–Crippen MR) is 135 cm³/mol. The van der Waals surface area contributed by atoms with Gasteiger partial charge < -0.3 is 4.74 Å². The molecule has 0 radical (unpaired) electrons. The maximum Gasteiger partial charge on any atom is 0.261 e. The van der Waals surface area contributed by atoms with Crippen molar-refractivity contribution in [2.75, 3.05) is 6.61 Å². The average Bonchev–Trinajstić information content (AvgIpc) is 2.79. The lowest BCUT2D eigenvalue weighted by Gasteiger charge is -2.14. The number of unbranched alkanes of at least 4 members (excludes halogenated alkanes) is 2. The quantitative estimate of drug-likeness (QED) is 0.223. The summed E-state index contributed by atoms with van der Waals surface area (Å²) >= 11 is 15.5. The van der Waals surface area contributed by atoms with Crippen molar-refractivity contribution in [1.29, 1.82) is 0 Å². The minimum Gasteiger partial charge on any atom is -0.492 e. The molecular weight excluding hydrogens is 511 g/mol. The van der Waals surface area contributed by atoms with Crippen molar-refractivity contribution >= 4 is 50.0 Å². The fourth-order valence-corrected chi connectivity index (χ4v) is 4.44. The van der Waals surface area contributed by atoms with Gasteiger partial charge in [-0.1, -0.05) is 35.3 Å². The van der Waals surface area contributed by atoms with Crippen molar-refractivity contribution in [3.8, 4) is 17.1 Å². The lowest BCUT2D eigenvalue weighted by molar-refractivity contribution is 0.302. The summed E-state index contributed by atoms with van der Waals surface area (Å²) in [6, 6.07) is 20.3. The molecule has 4 nitrogen and oxygen atoms in total. The Labute approximate surface area is 204 Å². The summed E-state index contributed by atoms with van der Waals surface area (Å²) in [6.45, 7) is 1.18. The van der Waals surface area contributed by atoms with Gasteiger partial charge in [-0.15, -0.1) is 0 Å². The van der Waals surface area contributed by atoms with Gasteiger partial charge in [-0.2, -0.15) is 0 Å². The predicted octanol–water partition coefficient (Wildman–Crippen LogP) is 7.38. The average molecular weight is 532 g/mol. The first kappa shape index (κ1) is 22.8. The van der Waals surface area contributed by atoms with Crippen LogP contribution in [0.15, 0.2) is 76.0 Å². The summed E-state index contributed by atoms with van der Waals surface area (Å²) in [5.41, 5.74) is 1.54. The zero-order chi connectivity index (χ0) is 22.5. The molecule has 3 aromatic carbocycles. The van der Waals surface area contributed by atoms with Crippen LogP contribution in [0, 0.1) is 0 Å². The molecule has 32 heavy (non-hydrogen) atoms. The second kappa shape index (κ2) is 10.5. The van der Waals surface area contributed by atoms with Crippen LogP contribution in [0.1, 0.15) is 19.3 Å². The molecule has 0 saturated carbocycles. The van der Waals surface area contributed by atoms with Gasteiger partial charge >= 0.3 is 0 Å². The number of nitrogens with zero attached hydrogens (tertiary/aromatic N) is 2. The van der Waals surface area contributed by atoms with Gasteiger partial charge in [0.25, 0.3) is 5.56 Å². The van der Waals surface area contributed by atoms with E-state index in [0.29, 0.717) is 39.9 Å². The van der Waals surface area contributed by atoms with Crippen molar-refractivity contribution < 1.29 is 4.74 Å². The van der Waals surface area contributed by atoms with E-state index in [0.717, 1.165) is 35.0 Å². The SMILES string of the molecule is O=c1c2ccccc2nc(-c2ccc(Cl)cc2)n1CCCCCOc1ccc(Cl)cc1Br. The zero-order valence-corrected chi connectivity index (χ0v) is 20.3. The molecule has 0 N–H and O–H groups in total. The zero-order valence-electron chi connectivity index (χ0n) is 17.2.